The van der Waals surface area contributed by atoms with Gasteiger partial charge in [-0.25, -0.2) is 0 Å². The summed E-state index contributed by atoms with van der Waals surface area (Å²) in [6.45, 7) is 10.5. The molecule has 0 bridgehead atoms. The molecule has 2 unspecified atom stereocenters. The molecule has 2 nitrogen and oxygen atoms in total. The van der Waals surface area contributed by atoms with Crippen molar-refractivity contribution in [3.63, 3.8) is 0 Å². The Morgan fingerprint density at radius 2 is 1.64 bits per heavy atom. The number of nitrogens with zero attached hydrogens (tertiary/aromatic N) is 1. The molecule has 0 radical (unpaired) electrons. The van der Waals surface area contributed by atoms with Crippen LogP contribution in [0.3, 0.4) is 0 Å². The molecule has 2 rings (SSSR count). The van der Waals surface area contributed by atoms with Crippen LogP contribution in [0, 0.1) is 17.8 Å². The van der Waals surface area contributed by atoms with E-state index < -0.39 is 0 Å². The number of likely N-dealkylation sites (tertiary alicyclic amines) is 1. The van der Waals surface area contributed by atoms with Gasteiger partial charge < -0.3 is 5.73 Å². The zero-order chi connectivity index (χ0) is 10.3. The minimum absolute atomic E-state index is 0.387. The first kappa shape index (κ1) is 10.4. The van der Waals surface area contributed by atoms with E-state index in [-0.39, 0.29) is 0 Å². The molecule has 2 aliphatic rings. The van der Waals surface area contributed by atoms with E-state index in [9.17, 15) is 0 Å². The molecule has 0 amide bonds. The van der Waals surface area contributed by atoms with Gasteiger partial charge in [-0.15, -0.1) is 0 Å². The van der Waals surface area contributed by atoms with Crippen LogP contribution in [0.25, 0.3) is 0 Å². The van der Waals surface area contributed by atoms with Gasteiger partial charge in [0.05, 0.1) is 0 Å². The summed E-state index contributed by atoms with van der Waals surface area (Å²) in [7, 11) is 0. The molecular weight excluding hydrogens is 172 g/mol. The molecule has 1 saturated heterocycles. The smallest absolute Gasteiger partial charge is 0.0337 e. The van der Waals surface area contributed by atoms with Crippen molar-refractivity contribution >= 4 is 0 Å². The largest absolute Gasteiger partial charge is 0.329 e. The molecule has 0 aromatic carbocycles. The monoisotopic (exact) mass is 196 g/mol. The summed E-state index contributed by atoms with van der Waals surface area (Å²) < 4.78 is 0. The summed E-state index contributed by atoms with van der Waals surface area (Å²) in [5, 5.41) is 0. The van der Waals surface area contributed by atoms with Crippen LogP contribution in [-0.2, 0) is 0 Å². The molecule has 1 aliphatic heterocycles. The predicted molar refractivity (Wildman–Crippen MR) is 60.1 cm³/mol. The highest BCUT2D eigenvalue weighted by Crippen LogP contribution is 2.44. The van der Waals surface area contributed by atoms with Crippen LogP contribution in [0.1, 0.15) is 33.6 Å². The first-order valence-corrected chi connectivity index (χ1v) is 6.02. The minimum Gasteiger partial charge on any atom is -0.329 e. The normalized spacial score (nSPS) is 49.3. The highest BCUT2D eigenvalue weighted by Gasteiger charge is 2.48. The van der Waals surface area contributed by atoms with E-state index in [2.05, 4.69) is 25.7 Å². The zero-order valence-electron chi connectivity index (χ0n) is 9.79. The highest BCUT2D eigenvalue weighted by molar-refractivity contribution is 5.04. The Labute approximate surface area is 87.8 Å². The Morgan fingerprint density at radius 1 is 1.14 bits per heavy atom. The summed E-state index contributed by atoms with van der Waals surface area (Å²) in [6.07, 6.45) is 2.64. The molecule has 0 spiro atoms. The summed E-state index contributed by atoms with van der Waals surface area (Å²) >= 11 is 0. The second kappa shape index (κ2) is 3.49. The average Bonchev–Trinajstić information content (AvgIpc) is 2.41. The second-order valence-electron chi connectivity index (χ2n) is 5.80. The highest BCUT2D eigenvalue weighted by atomic mass is 15.2. The summed E-state index contributed by atoms with van der Waals surface area (Å²) in [5.41, 5.74) is 6.35. The molecule has 2 heteroatoms. The van der Waals surface area contributed by atoms with E-state index in [0.29, 0.717) is 5.54 Å². The predicted octanol–water partition coefficient (Wildman–Crippen LogP) is 1.70. The van der Waals surface area contributed by atoms with Crippen LogP contribution in [0.2, 0.25) is 0 Å². The first-order chi connectivity index (χ1) is 6.57. The van der Waals surface area contributed by atoms with Crippen LogP contribution < -0.4 is 5.73 Å². The Bertz CT molecular complexity index is 198. The van der Waals surface area contributed by atoms with Gasteiger partial charge in [0.2, 0.25) is 0 Å². The Balaban J connectivity index is 2.01. The fourth-order valence-electron chi connectivity index (χ4n) is 3.31. The van der Waals surface area contributed by atoms with Crippen molar-refractivity contribution in [1.29, 1.82) is 0 Å². The van der Waals surface area contributed by atoms with E-state index in [1.54, 1.807) is 0 Å². The van der Waals surface area contributed by atoms with Gasteiger partial charge in [0.15, 0.2) is 0 Å². The maximum absolute atomic E-state index is 5.96. The van der Waals surface area contributed by atoms with Crippen LogP contribution in [-0.4, -0.2) is 30.1 Å². The topological polar surface area (TPSA) is 29.3 Å². The molecule has 1 saturated carbocycles. The van der Waals surface area contributed by atoms with E-state index in [0.717, 1.165) is 24.3 Å². The minimum atomic E-state index is 0.387. The summed E-state index contributed by atoms with van der Waals surface area (Å²) in [5.74, 6) is 2.61. The third-order valence-corrected chi connectivity index (χ3v) is 4.50. The number of rotatable bonds is 2. The fraction of sp³-hybridized carbons (Fsp3) is 1.00. The molecule has 2 atom stereocenters. The molecule has 2 fully saturated rings. The van der Waals surface area contributed by atoms with Gasteiger partial charge in [0, 0.05) is 25.2 Å². The quantitative estimate of drug-likeness (QED) is 0.728. The van der Waals surface area contributed by atoms with Crippen molar-refractivity contribution in [2.75, 3.05) is 19.6 Å². The van der Waals surface area contributed by atoms with E-state index >= 15 is 0 Å². The third-order valence-electron chi connectivity index (χ3n) is 4.50. The van der Waals surface area contributed by atoms with Crippen LogP contribution in [0.15, 0.2) is 0 Å². The number of hydrogen-bond donors (Lipinski definition) is 1. The zero-order valence-corrected chi connectivity index (χ0v) is 9.79. The summed E-state index contributed by atoms with van der Waals surface area (Å²) in [6, 6.07) is 0. The van der Waals surface area contributed by atoms with Gasteiger partial charge in [-0.3, -0.25) is 4.90 Å². The van der Waals surface area contributed by atoms with Gasteiger partial charge >= 0.3 is 0 Å². The van der Waals surface area contributed by atoms with E-state index in [1.165, 1.54) is 25.9 Å². The standard InChI is InChI=1S/C12H24N2/c1-9-4-12(5-9,8-13)14-6-10(2)11(3)7-14/h9-11H,4-8,13H2,1-3H3. The Hall–Kier alpha value is -0.0800. The molecule has 0 aromatic heterocycles. The lowest BCUT2D eigenvalue weighted by Crippen LogP contribution is -2.60. The van der Waals surface area contributed by atoms with Gasteiger partial charge in [0.1, 0.15) is 0 Å². The maximum Gasteiger partial charge on any atom is 0.0337 e. The molecule has 0 aromatic rings. The lowest BCUT2D eigenvalue weighted by molar-refractivity contribution is 0.000343. The fourth-order valence-corrected chi connectivity index (χ4v) is 3.31. The summed E-state index contributed by atoms with van der Waals surface area (Å²) in [4.78, 5) is 2.67. The Kier molecular flexibility index (Phi) is 2.61. The van der Waals surface area contributed by atoms with Crippen LogP contribution in [0.5, 0.6) is 0 Å². The average molecular weight is 196 g/mol. The van der Waals surface area contributed by atoms with E-state index in [4.69, 9.17) is 5.73 Å². The van der Waals surface area contributed by atoms with Crippen molar-refractivity contribution in [2.24, 2.45) is 23.5 Å². The SMILES string of the molecule is CC1CC(CN)(N2CC(C)C(C)C2)C1. The van der Waals surface area contributed by atoms with Crippen molar-refractivity contribution in [3.8, 4) is 0 Å². The molecule has 14 heavy (non-hydrogen) atoms. The second-order valence-corrected chi connectivity index (χ2v) is 5.80. The molecule has 82 valence electrons. The molecule has 1 heterocycles. The third kappa shape index (κ3) is 1.49. The van der Waals surface area contributed by atoms with Gasteiger partial charge in [-0.1, -0.05) is 20.8 Å². The lowest BCUT2D eigenvalue weighted by atomic mass is 9.68. The van der Waals surface area contributed by atoms with Crippen molar-refractivity contribution in [1.82, 2.24) is 4.90 Å². The molecule has 1 aliphatic carbocycles. The lowest BCUT2D eigenvalue weighted by Gasteiger charge is -2.52. The van der Waals surface area contributed by atoms with Crippen molar-refractivity contribution < 1.29 is 0 Å². The van der Waals surface area contributed by atoms with E-state index in [1.807, 2.05) is 0 Å². The van der Waals surface area contributed by atoms with Crippen molar-refractivity contribution in [3.05, 3.63) is 0 Å². The molecule has 2 N–H and O–H groups in total. The number of nitrogens with two attached hydrogens (primary N) is 1. The van der Waals surface area contributed by atoms with Gasteiger partial charge in [-0.05, 0) is 30.6 Å². The van der Waals surface area contributed by atoms with Gasteiger partial charge in [-0.2, -0.15) is 0 Å². The van der Waals surface area contributed by atoms with Crippen LogP contribution >= 0.6 is 0 Å². The van der Waals surface area contributed by atoms with Gasteiger partial charge in [0.25, 0.3) is 0 Å². The number of hydrogen-bond acceptors (Lipinski definition) is 2. The Morgan fingerprint density at radius 3 is 2.00 bits per heavy atom. The van der Waals surface area contributed by atoms with Crippen molar-refractivity contribution in [2.45, 2.75) is 39.2 Å². The first-order valence-electron chi connectivity index (χ1n) is 6.02. The molecular formula is C12H24N2. The van der Waals surface area contributed by atoms with Crippen LogP contribution in [0.4, 0.5) is 0 Å². The maximum atomic E-state index is 5.96.